The number of amides is 1. The van der Waals surface area contributed by atoms with E-state index in [4.69, 9.17) is 4.74 Å². The SMILES string of the molecule is CC(C)(C)OC(=O)NC(Cc1ccccc1)CC(O)CC(c1ccccc1)N(Cc1ccccc1)Cc1ccccc1. The first kappa shape index (κ1) is 31.0. The van der Waals surface area contributed by atoms with Gasteiger partial charge in [-0.05, 0) is 62.3 Å². The third kappa shape index (κ3) is 10.5. The minimum absolute atomic E-state index is 0.0412. The molecule has 4 aromatic carbocycles. The Hall–Kier alpha value is -3.93. The standard InChI is InChI=1S/C37H44N2O3/c1-37(2,3)42-36(41)38-33(24-29-16-8-4-9-17-29)25-34(40)26-35(32-22-14-7-15-23-32)39(27-30-18-10-5-11-19-30)28-31-20-12-6-13-21-31/h4-23,33-35,40H,24-28H2,1-3H3,(H,38,41). The van der Waals surface area contributed by atoms with Crippen molar-refractivity contribution in [2.24, 2.45) is 0 Å². The molecule has 42 heavy (non-hydrogen) atoms. The van der Waals surface area contributed by atoms with E-state index in [-0.39, 0.29) is 12.1 Å². The molecule has 0 saturated heterocycles. The second-order valence-corrected chi connectivity index (χ2v) is 12.0. The third-order valence-electron chi connectivity index (χ3n) is 7.18. The molecule has 0 spiro atoms. The number of aliphatic hydroxyl groups excluding tert-OH is 1. The van der Waals surface area contributed by atoms with E-state index in [1.807, 2.05) is 69.3 Å². The number of nitrogens with zero attached hydrogens (tertiary/aromatic N) is 1. The number of carbonyl (C=O) groups excluding carboxylic acids is 1. The average Bonchev–Trinajstić information content (AvgIpc) is 2.96. The molecule has 0 bridgehead atoms. The zero-order valence-corrected chi connectivity index (χ0v) is 25.0. The summed E-state index contributed by atoms with van der Waals surface area (Å²) in [5, 5.41) is 14.7. The first-order valence-electron chi connectivity index (χ1n) is 14.8. The van der Waals surface area contributed by atoms with Gasteiger partial charge in [0.15, 0.2) is 0 Å². The van der Waals surface area contributed by atoms with Gasteiger partial charge in [-0.15, -0.1) is 0 Å². The van der Waals surface area contributed by atoms with Gasteiger partial charge in [0.25, 0.3) is 0 Å². The van der Waals surface area contributed by atoms with E-state index in [1.165, 1.54) is 11.1 Å². The quantitative estimate of drug-likeness (QED) is 0.175. The van der Waals surface area contributed by atoms with Gasteiger partial charge < -0.3 is 15.2 Å². The lowest BCUT2D eigenvalue weighted by Gasteiger charge is -2.34. The van der Waals surface area contributed by atoms with E-state index < -0.39 is 17.8 Å². The van der Waals surface area contributed by atoms with Crippen LogP contribution >= 0.6 is 0 Å². The fraction of sp³-hybridized carbons (Fsp3) is 0.324. The summed E-state index contributed by atoms with van der Waals surface area (Å²) in [5.74, 6) is 0. The van der Waals surface area contributed by atoms with E-state index in [1.54, 1.807) is 0 Å². The zero-order chi connectivity index (χ0) is 29.8. The highest BCUT2D eigenvalue weighted by Gasteiger charge is 2.27. The molecule has 5 heteroatoms. The van der Waals surface area contributed by atoms with Crippen LogP contribution in [0.2, 0.25) is 0 Å². The highest BCUT2D eigenvalue weighted by Crippen LogP contribution is 2.30. The van der Waals surface area contributed by atoms with Crippen LogP contribution in [0, 0.1) is 0 Å². The van der Waals surface area contributed by atoms with Crippen LogP contribution in [-0.2, 0) is 24.2 Å². The molecule has 1 amide bonds. The van der Waals surface area contributed by atoms with Crippen LogP contribution in [0.5, 0.6) is 0 Å². The predicted molar refractivity (Wildman–Crippen MR) is 170 cm³/mol. The number of rotatable bonds is 13. The molecular weight excluding hydrogens is 520 g/mol. The lowest BCUT2D eigenvalue weighted by molar-refractivity contribution is 0.0459. The molecule has 0 fully saturated rings. The zero-order valence-electron chi connectivity index (χ0n) is 25.0. The lowest BCUT2D eigenvalue weighted by atomic mass is 9.93. The third-order valence-corrected chi connectivity index (χ3v) is 7.18. The van der Waals surface area contributed by atoms with E-state index in [0.717, 1.165) is 24.2 Å². The number of hydrogen-bond donors (Lipinski definition) is 2. The highest BCUT2D eigenvalue weighted by atomic mass is 16.6. The van der Waals surface area contributed by atoms with Crippen molar-refractivity contribution in [3.63, 3.8) is 0 Å². The van der Waals surface area contributed by atoms with Crippen LogP contribution in [0.3, 0.4) is 0 Å². The molecule has 0 saturated carbocycles. The summed E-state index contributed by atoms with van der Waals surface area (Å²) >= 11 is 0. The Morgan fingerprint density at radius 2 is 1.17 bits per heavy atom. The Balaban J connectivity index is 1.58. The fourth-order valence-electron chi connectivity index (χ4n) is 5.33. The topological polar surface area (TPSA) is 61.8 Å². The van der Waals surface area contributed by atoms with Crippen molar-refractivity contribution in [3.8, 4) is 0 Å². The molecule has 4 aromatic rings. The molecule has 5 nitrogen and oxygen atoms in total. The molecule has 0 aliphatic heterocycles. The summed E-state index contributed by atoms with van der Waals surface area (Å²) in [6.07, 6.45) is 0.399. The number of ether oxygens (including phenoxy) is 1. The Labute approximate surface area is 251 Å². The largest absolute Gasteiger partial charge is 0.444 e. The molecule has 3 atom stereocenters. The molecule has 0 heterocycles. The number of alkyl carbamates (subject to hydrolysis) is 1. The highest BCUT2D eigenvalue weighted by molar-refractivity contribution is 5.68. The Morgan fingerprint density at radius 1 is 0.714 bits per heavy atom. The maximum atomic E-state index is 12.8. The monoisotopic (exact) mass is 564 g/mol. The maximum Gasteiger partial charge on any atom is 0.407 e. The van der Waals surface area contributed by atoms with Gasteiger partial charge in [0, 0.05) is 25.2 Å². The van der Waals surface area contributed by atoms with Crippen molar-refractivity contribution < 1.29 is 14.6 Å². The average molecular weight is 565 g/mol. The van der Waals surface area contributed by atoms with Crippen LogP contribution in [0.25, 0.3) is 0 Å². The molecule has 0 aliphatic rings. The lowest BCUT2D eigenvalue weighted by Crippen LogP contribution is -2.42. The minimum Gasteiger partial charge on any atom is -0.444 e. The summed E-state index contributed by atoms with van der Waals surface area (Å²) in [7, 11) is 0. The van der Waals surface area contributed by atoms with Crippen LogP contribution in [-0.4, -0.2) is 33.8 Å². The van der Waals surface area contributed by atoms with E-state index >= 15 is 0 Å². The summed E-state index contributed by atoms with van der Waals surface area (Å²) in [4.78, 5) is 15.2. The van der Waals surface area contributed by atoms with Gasteiger partial charge in [-0.25, -0.2) is 4.79 Å². The molecule has 4 rings (SSSR count). The second-order valence-electron chi connectivity index (χ2n) is 12.0. The van der Waals surface area contributed by atoms with Gasteiger partial charge >= 0.3 is 6.09 Å². The smallest absolute Gasteiger partial charge is 0.407 e. The van der Waals surface area contributed by atoms with Crippen LogP contribution in [0.15, 0.2) is 121 Å². The number of hydrogen-bond acceptors (Lipinski definition) is 4. The molecule has 3 unspecified atom stereocenters. The number of nitrogens with one attached hydrogen (secondary N) is 1. The summed E-state index contributed by atoms with van der Waals surface area (Å²) in [5.41, 5.74) is 4.09. The van der Waals surface area contributed by atoms with Crippen molar-refractivity contribution in [3.05, 3.63) is 144 Å². The second kappa shape index (κ2) is 15.3. The number of aliphatic hydroxyl groups is 1. The Bertz CT molecular complexity index is 1280. The van der Waals surface area contributed by atoms with E-state index in [0.29, 0.717) is 19.3 Å². The van der Waals surface area contributed by atoms with Crippen LogP contribution < -0.4 is 5.32 Å². The molecule has 2 N–H and O–H groups in total. The van der Waals surface area contributed by atoms with Crippen molar-refractivity contribution in [1.82, 2.24) is 10.2 Å². The summed E-state index contributed by atoms with van der Waals surface area (Å²) < 4.78 is 5.57. The molecular formula is C37H44N2O3. The first-order valence-corrected chi connectivity index (χ1v) is 14.8. The summed E-state index contributed by atoms with van der Waals surface area (Å²) in [6.45, 7) is 7.04. The van der Waals surface area contributed by atoms with Gasteiger partial charge in [0.1, 0.15) is 5.60 Å². The fourth-order valence-corrected chi connectivity index (χ4v) is 5.33. The number of carbonyl (C=O) groups is 1. The minimum atomic E-state index is -0.659. The molecule has 0 aliphatic carbocycles. The summed E-state index contributed by atoms with van der Waals surface area (Å²) in [6, 6.07) is 41.1. The van der Waals surface area contributed by atoms with Gasteiger partial charge in [0.05, 0.1) is 6.10 Å². The molecule has 0 aromatic heterocycles. The van der Waals surface area contributed by atoms with Crippen molar-refractivity contribution >= 4 is 6.09 Å². The van der Waals surface area contributed by atoms with E-state index in [9.17, 15) is 9.90 Å². The van der Waals surface area contributed by atoms with E-state index in [2.05, 4.69) is 83.0 Å². The van der Waals surface area contributed by atoms with Crippen molar-refractivity contribution in [2.45, 2.75) is 76.9 Å². The Kier molecular flexibility index (Phi) is 11.3. The van der Waals surface area contributed by atoms with Crippen LogP contribution in [0.4, 0.5) is 4.79 Å². The molecule has 0 radical (unpaired) electrons. The van der Waals surface area contributed by atoms with Gasteiger partial charge in [-0.2, -0.15) is 0 Å². The van der Waals surface area contributed by atoms with Crippen molar-refractivity contribution in [1.29, 1.82) is 0 Å². The maximum absolute atomic E-state index is 12.8. The van der Waals surface area contributed by atoms with Crippen LogP contribution in [0.1, 0.15) is 61.9 Å². The van der Waals surface area contributed by atoms with Crippen molar-refractivity contribution in [2.75, 3.05) is 0 Å². The van der Waals surface area contributed by atoms with Gasteiger partial charge in [0.2, 0.25) is 0 Å². The Morgan fingerprint density at radius 3 is 1.64 bits per heavy atom. The normalized spacial score (nSPS) is 13.7. The molecule has 220 valence electrons. The van der Waals surface area contributed by atoms with Gasteiger partial charge in [-0.1, -0.05) is 121 Å². The predicted octanol–water partition coefficient (Wildman–Crippen LogP) is 7.71. The number of benzene rings is 4. The van der Waals surface area contributed by atoms with Gasteiger partial charge in [-0.3, -0.25) is 4.90 Å². The first-order chi connectivity index (χ1) is 20.2.